The topological polar surface area (TPSA) is 39.6 Å². The summed E-state index contributed by atoms with van der Waals surface area (Å²) in [6, 6.07) is 3.83. The number of hydrogen-bond acceptors (Lipinski definition) is 4. The van der Waals surface area contributed by atoms with Crippen LogP contribution in [0.5, 0.6) is 0 Å². The smallest absolute Gasteiger partial charge is 0.141 e. The number of aliphatic hydroxyl groups excluding tert-OH is 1. The van der Waals surface area contributed by atoms with E-state index in [1.807, 2.05) is 18.3 Å². The van der Waals surface area contributed by atoms with Gasteiger partial charge >= 0.3 is 0 Å². The average Bonchev–Trinajstić information content (AvgIpc) is 2.32. The Kier molecular flexibility index (Phi) is 3.80. The van der Waals surface area contributed by atoms with Gasteiger partial charge in [0.05, 0.1) is 12.3 Å². The number of pyridine rings is 1. The van der Waals surface area contributed by atoms with E-state index in [9.17, 15) is 0 Å². The Morgan fingerprint density at radius 1 is 1.25 bits per heavy atom. The third kappa shape index (κ3) is 2.74. The molecule has 2 rings (SSSR count). The maximum atomic E-state index is 8.85. The molecule has 1 fully saturated rings. The van der Waals surface area contributed by atoms with Crippen LogP contribution in [-0.2, 0) is 0 Å². The first-order chi connectivity index (χ1) is 7.79. The van der Waals surface area contributed by atoms with E-state index < -0.39 is 0 Å². The third-order valence-corrected chi connectivity index (χ3v) is 2.92. The lowest BCUT2D eigenvalue weighted by Crippen LogP contribution is -2.47. The minimum absolute atomic E-state index is 0.240. The second kappa shape index (κ2) is 5.32. The van der Waals surface area contributed by atoms with Crippen molar-refractivity contribution >= 4 is 19.1 Å². The summed E-state index contributed by atoms with van der Waals surface area (Å²) in [5.41, 5.74) is 1.68. The molecule has 84 valence electrons. The Balaban J connectivity index is 1.91. The fraction of sp³-hybridized carbons (Fsp3) is 0.545. The van der Waals surface area contributed by atoms with Gasteiger partial charge in [-0.2, -0.15) is 0 Å². The van der Waals surface area contributed by atoms with Gasteiger partial charge in [-0.1, -0.05) is 0 Å². The molecule has 1 aliphatic heterocycles. The van der Waals surface area contributed by atoms with Crippen molar-refractivity contribution in [1.29, 1.82) is 0 Å². The number of rotatable bonds is 3. The van der Waals surface area contributed by atoms with Gasteiger partial charge in [-0.05, 0) is 17.7 Å². The van der Waals surface area contributed by atoms with Crippen LogP contribution in [0.4, 0.5) is 5.69 Å². The van der Waals surface area contributed by atoms with Crippen LogP contribution in [-0.4, -0.2) is 62.2 Å². The molecule has 0 aliphatic carbocycles. The fourth-order valence-corrected chi connectivity index (χ4v) is 1.96. The van der Waals surface area contributed by atoms with Crippen LogP contribution in [0.25, 0.3) is 0 Å². The van der Waals surface area contributed by atoms with E-state index >= 15 is 0 Å². The molecular formula is C11H16BN3O. The molecule has 1 aromatic rings. The van der Waals surface area contributed by atoms with Crippen molar-refractivity contribution in [2.75, 3.05) is 44.2 Å². The number of β-amino-alcohol motifs (C(OH)–C–C–N with tert-alkyl or cyclic N) is 1. The van der Waals surface area contributed by atoms with E-state index in [4.69, 9.17) is 13.0 Å². The maximum absolute atomic E-state index is 8.85. The second-order valence-electron chi connectivity index (χ2n) is 3.99. The monoisotopic (exact) mass is 217 g/mol. The van der Waals surface area contributed by atoms with Crippen molar-refractivity contribution in [2.24, 2.45) is 0 Å². The molecule has 0 atom stereocenters. The average molecular weight is 217 g/mol. The minimum Gasteiger partial charge on any atom is -0.395 e. The first-order valence-corrected chi connectivity index (χ1v) is 5.59. The highest BCUT2D eigenvalue weighted by Gasteiger charge is 2.16. The van der Waals surface area contributed by atoms with Gasteiger partial charge in [-0.3, -0.25) is 9.88 Å². The standard InChI is InChI=1S/C11H16BN3O/c12-11-2-1-10(9-13-11)15-5-3-14(4-6-15)7-8-16/h1-2,9,16H,3-8H2. The Morgan fingerprint density at radius 3 is 2.56 bits per heavy atom. The maximum Gasteiger partial charge on any atom is 0.141 e. The summed E-state index contributed by atoms with van der Waals surface area (Å²) in [5.74, 6) is 0. The van der Waals surface area contributed by atoms with Crippen molar-refractivity contribution in [1.82, 2.24) is 9.88 Å². The van der Waals surface area contributed by atoms with E-state index in [1.54, 1.807) is 0 Å². The highest BCUT2D eigenvalue weighted by Crippen LogP contribution is 2.13. The Morgan fingerprint density at radius 2 is 2.00 bits per heavy atom. The highest BCUT2D eigenvalue weighted by molar-refractivity contribution is 6.30. The van der Waals surface area contributed by atoms with Crippen LogP contribution in [0.15, 0.2) is 18.3 Å². The highest BCUT2D eigenvalue weighted by atomic mass is 16.3. The zero-order chi connectivity index (χ0) is 11.4. The van der Waals surface area contributed by atoms with E-state index in [0.717, 1.165) is 38.4 Å². The third-order valence-electron chi connectivity index (χ3n) is 2.92. The van der Waals surface area contributed by atoms with E-state index in [1.165, 1.54) is 0 Å². The predicted molar refractivity (Wildman–Crippen MR) is 65.4 cm³/mol. The van der Waals surface area contributed by atoms with Crippen molar-refractivity contribution < 1.29 is 5.11 Å². The van der Waals surface area contributed by atoms with Crippen molar-refractivity contribution in [3.05, 3.63) is 18.3 Å². The molecule has 1 saturated heterocycles. The summed E-state index contributed by atoms with van der Waals surface area (Å²) in [5, 5.41) is 8.85. The molecule has 0 spiro atoms. The molecule has 4 nitrogen and oxygen atoms in total. The lowest BCUT2D eigenvalue weighted by molar-refractivity contribution is 0.189. The lowest BCUT2D eigenvalue weighted by atomic mass is 10.0. The molecule has 0 bridgehead atoms. The van der Waals surface area contributed by atoms with Crippen LogP contribution in [0, 0.1) is 0 Å². The Bertz CT molecular complexity index is 323. The van der Waals surface area contributed by atoms with Gasteiger partial charge < -0.3 is 10.0 Å². The molecule has 1 aliphatic rings. The summed E-state index contributed by atoms with van der Waals surface area (Å²) < 4.78 is 0. The van der Waals surface area contributed by atoms with Crippen LogP contribution in [0.2, 0.25) is 0 Å². The first-order valence-electron chi connectivity index (χ1n) is 5.59. The van der Waals surface area contributed by atoms with Crippen LogP contribution in [0.1, 0.15) is 0 Å². The van der Waals surface area contributed by atoms with Crippen molar-refractivity contribution in [2.45, 2.75) is 0 Å². The van der Waals surface area contributed by atoms with Crippen molar-refractivity contribution in [3.63, 3.8) is 0 Å². The number of nitrogens with zero attached hydrogens (tertiary/aromatic N) is 3. The number of aromatic nitrogens is 1. The van der Waals surface area contributed by atoms with E-state index in [0.29, 0.717) is 5.59 Å². The van der Waals surface area contributed by atoms with E-state index in [-0.39, 0.29) is 6.61 Å². The van der Waals surface area contributed by atoms with Crippen LogP contribution in [0.3, 0.4) is 0 Å². The van der Waals surface area contributed by atoms with Gasteiger partial charge in [0, 0.05) is 38.9 Å². The Hall–Kier alpha value is -1.07. The number of hydrogen-bond donors (Lipinski definition) is 1. The minimum atomic E-state index is 0.240. The molecule has 1 N–H and O–H groups in total. The SMILES string of the molecule is [B]c1ccc(N2CCN(CCO)CC2)cn1. The lowest BCUT2D eigenvalue weighted by Gasteiger charge is -2.35. The molecular weight excluding hydrogens is 201 g/mol. The van der Waals surface area contributed by atoms with Gasteiger partial charge in [-0.15, -0.1) is 0 Å². The molecule has 5 heteroatoms. The van der Waals surface area contributed by atoms with Gasteiger partial charge in [0.15, 0.2) is 0 Å². The molecule has 0 amide bonds. The zero-order valence-corrected chi connectivity index (χ0v) is 9.34. The summed E-state index contributed by atoms with van der Waals surface area (Å²) in [4.78, 5) is 8.65. The van der Waals surface area contributed by atoms with Gasteiger partial charge in [-0.25, -0.2) is 0 Å². The quantitative estimate of drug-likeness (QED) is 0.658. The number of anilines is 1. The summed E-state index contributed by atoms with van der Waals surface area (Å²) in [6.07, 6.45) is 1.82. The van der Waals surface area contributed by atoms with Gasteiger partial charge in [0.1, 0.15) is 7.85 Å². The van der Waals surface area contributed by atoms with Crippen LogP contribution >= 0.6 is 0 Å². The molecule has 2 radical (unpaired) electrons. The van der Waals surface area contributed by atoms with E-state index in [2.05, 4.69) is 14.8 Å². The predicted octanol–water partition coefficient (Wildman–Crippen LogP) is -1.01. The summed E-state index contributed by atoms with van der Waals surface area (Å²) >= 11 is 0. The normalized spacial score (nSPS) is 17.7. The van der Waals surface area contributed by atoms with Gasteiger partial charge in [0.25, 0.3) is 0 Å². The molecule has 2 heterocycles. The summed E-state index contributed by atoms with van der Waals surface area (Å²) in [7, 11) is 5.55. The molecule has 0 aromatic carbocycles. The van der Waals surface area contributed by atoms with Crippen molar-refractivity contribution in [3.8, 4) is 0 Å². The Labute approximate surface area is 97.3 Å². The largest absolute Gasteiger partial charge is 0.395 e. The summed E-state index contributed by atoms with van der Waals surface area (Å²) in [6.45, 7) is 4.95. The van der Waals surface area contributed by atoms with Gasteiger partial charge in [0.2, 0.25) is 0 Å². The molecule has 1 aromatic heterocycles. The number of aliphatic hydroxyl groups is 1. The second-order valence-corrected chi connectivity index (χ2v) is 3.99. The first kappa shape index (κ1) is 11.4. The zero-order valence-electron chi connectivity index (χ0n) is 9.34. The molecule has 0 saturated carbocycles. The van der Waals surface area contributed by atoms with Crippen LogP contribution < -0.4 is 10.5 Å². The molecule has 16 heavy (non-hydrogen) atoms. The molecule has 0 unspecified atom stereocenters. The number of piperazine rings is 1. The fourth-order valence-electron chi connectivity index (χ4n) is 1.96.